The summed E-state index contributed by atoms with van der Waals surface area (Å²) in [7, 11) is -3.87. The van der Waals surface area contributed by atoms with Crippen LogP contribution in [0, 0.1) is 6.92 Å². The van der Waals surface area contributed by atoms with Gasteiger partial charge in [0.05, 0.1) is 22.7 Å². The van der Waals surface area contributed by atoms with Gasteiger partial charge in [-0.05, 0) is 61.7 Å². The van der Waals surface area contributed by atoms with Crippen molar-refractivity contribution in [2.45, 2.75) is 38.0 Å². The Hall–Kier alpha value is -4.68. The van der Waals surface area contributed by atoms with Crippen LogP contribution in [-0.4, -0.2) is 42.5 Å². The van der Waals surface area contributed by atoms with E-state index in [1.54, 1.807) is 30.6 Å². The topological polar surface area (TPSA) is 118 Å². The van der Waals surface area contributed by atoms with Crippen molar-refractivity contribution in [2.24, 2.45) is 0 Å². The van der Waals surface area contributed by atoms with Gasteiger partial charge in [0, 0.05) is 41.3 Å². The van der Waals surface area contributed by atoms with E-state index >= 15 is 0 Å². The molecular weight excluding hydrogens is 598 g/mol. The van der Waals surface area contributed by atoms with Gasteiger partial charge in [0.1, 0.15) is 5.75 Å². The van der Waals surface area contributed by atoms with Gasteiger partial charge in [-0.25, -0.2) is 32.2 Å². The molecule has 1 atom stereocenters. The molecule has 6 rings (SSSR count). The molecule has 2 aromatic heterocycles. The standard InChI is InChI=1S/C33H32F2N6O3S/c1-21-9-14-25-26(6-2-8-29(25)41-45(42,43)20-22-10-12-23(13-11-22)31(34)35)30(21)44-32-27(7-4-17-37-32)28-15-18-38-33(40-28)39-24-5-3-16-36-19-24/h2,4,6-15,17-18,24,31,36,41H,3,5,16,19-20H2,1H3,(H,38,39,40)/t24-/m0/s1. The van der Waals surface area contributed by atoms with Gasteiger partial charge in [-0.1, -0.05) is 48.5 Å². The molecule has 0 spiro atoms. The second kappa shape index (κ2) is 13.1. The molecule has 0 radical (unpaired) electrons. The van der Waals surface area contributed by atoms with Crippen molar-refractivity contribution in [2.75, 3.05) is 23.1 Å². The maximum Gasteiger partial charge on any atom is 0.263 e. The molecule has 9 nitrogen and oxygen atoms in total. The number of aromatic nitrogens is 3. The zero-order valence-electron chi connectivity index (χ0n) is 24.5. The van der Waals surface area contributed by atoms with Crippen LogP contribution in [0.2, 0.25) is 0 Å². The summed E-state index contributed by atoms with van der Waals surface area (Å²) in [5.74, 6) is 1.03. The van der Waals surface area contributed by atoms with Crippen LogP contribution in [0.1, 0.15) is 36.0 Å². The number of pyridine rings is 1. The van der Waals surface area contributed by atoms with E-state index in [1.165, 1.54) is 24.3 Å². The first-order chi connectivity index (χ1) is 21.8. The Labute approximate surface area is 260 Å². The van der Waals surface area contributed by atoms with E-state index in [4.69, 9.17) is 9.72 Å². The van der Waals surface area contributed by atoms with E-state index < -0.39 is 16.4 Å². The molecule has 3 heterocycles. The third-order valence-electron chi connectivity index (χ3n) is 7.59. The number of halogens is 2. The Bertz CT molecular complexity index is 1920. The Balaban J connectivity index is 1.27. The van der Waals surface area contributed by atoms with E-state index in [-0.39, 0.29) is 17.4 Å². The Morgan fingerprint density at radius 1 is 0.978 bits per heavy atom. The van der Waals surface area contributed by atoms with Crippen molar-refractivity contribution < 1.29 is 21.9 Å². The number of hydrogen-bond donors (Lipinski definition) is 3. The van der Waals surface area contributed by atoms with Crippen LogP contribution >= 0.6 is 0 Å². The lowest BCUT2D eigenvalue weighted by atomic mass is 10.0. The lowest BCUT2D eigenvalue weighted by Crippen LogP contribution is -2.38. The average Bonchev–Trinajstić information content (AvgIpc) is 3.03. The van der Waals surface area contributed by atoms with Crippen LogP contribution < -0.4 is 20.1 Å². The molecule has 12 heteroatoms. The number of benzene rings is 3. The van der Waals surface area contributed by atoms with Crippen molar-refractivity contribution >= 4 is 32.4 Å². The van der Waals surface area contributed by atoms with Crippen LogP contribution in [0.3, 0.4) is 0 Å². The van der Waals surface area contributed by atoms with E-state index in [9.17, 15) is 17.2 Å². The van der Waals surface area contributed by atoms with Crippen molar-refractivity contribution in [3.05, 3.63) is 102 Å². The van der Waals surface area contributed by atoms with Crippen LogP contribution in [0.4, 0.5) is 20.4 Å². The molecule has 0 aliphatic carbocycles. The van der Waals surface area contributed by atoms with E-state index in [1.807, 2.05) is 37.3 Å². The lowest BCUT2D eigenvalue weighted by Gasteiger charge is -2.23. The summed E-state index contributed by atoms with van der Waals surface area (Å²) in [6.07, 6.45) is 2.84. The quantitative estimate of drug-likeness (QED) is 0.154. The summed E-state index contributed by atoms with van der Waals surface area (Å²) >= 11 is 0. The molecule has 1 aliphatic rings. The Morgan fingerprint density at radius 2 is 1.82 bits per heavy atom. The van der Waals surface area contributed by atoms with Gasteiger partial charge in [-0.3, -0.25) is 4.72 Å². The minimum atomic E-state index is -3.87. The van der Waals surface area contributed by atoms with Gasteiger partial charge >= 0.3 is 0 Å². The summed E-state index contributed by atoms with van der Waals surface area (Å²) in [6.45, 7) is 3.76. The normalized spacial score (nSPS) is 15.2. The van der Waals surface area contributed by atoms with Crippen LogP contribution in [0.5, 0.6) is 11.6 Å². The van der Waals surface area contributed by atoms with Gasteiger partial charge in [-0.15, -0.1) is 0 Å². The Morgan fingerprint density at radius 3 is 2.60 bits per heavy atom. The number of rotatable bonds is 10. The number of nitrogens with one attached hydrogen (secondary N) is 3. The summed E-state index contributed by atoms with van der Waals surface area (Å²) in [5.41, 5.74) is 2.75. The maximum absolute atomic E-state index is 13.1. The molecule has 3 aromatic carbocycles. The number of hydrogen-bond acceptors (Lipinski definition) is 8. The molecular formula is C33H32F2N6O3S. The van der Waals surface area contributed by atoms with Crippen LogP contribution in [0.15, 0.2) is 85.2 Å². The van der Waals surface area contributed by atoms with Crippen molar-refractivity contribution in [1.82, 2.24) is 20.3 Å². The lowest BCUT2D eigenvalue weighted by molar-refractivity contribution is 0.151. The molecule has 0 saturated carbocycles. The fourth-order valence-electron chi connectivity index (χ4n) is 5.35. The zero-order valence-corrected chi connectivity index (χ0v) is 25.3. The Kier molecular flexibility index (Phi) is 8.85. The summed E-state index contributed by atoms with van der Waals surface area (Å²) in [4.78, 5) is 13.7. The monoisotopic (exact) mass is 630 g/mol. The largest absolute Gasteiger partial charge is 0.437 e. The number of anilines is 2. The second-order valence-corrected chi connectivity index (χ2v) is 12.6. The van der Waals surface area contributed by atoms with Gasteiger partial charge in [-0.2, -0.15) is 0 Å². The fourth-order valence-corrected chi connectivity index (χ4v) is 6.56. The molecule has 45 heavy (non-hydrogen) atoms. The van der Waals surface area contributed by atoms with E-state index in [0.29, 0.717) is 50.9 Å². The third kappa shape index (κ3) is 7.18. The molecule has 0 amide bonds. The van der Waals surface area contributed by atoms with Gasteiger partial charge < -0.3 is 15.4 Å². The highest BCUT2D eigenvalue weighted by Gasteiger charge is 2.19. The van der Waals surface area contributed by atoms with E-state index in [0.717, 1.165) is 31.5 Å². The fraction of sp³-hybridized carbons (Fsp3) is 0.242. The number of fused-ring (bicyclic) bond motifs is 1. The smallest absolute Gasteiger partial charge is 0.263 e. The second-order valence-electron chi connectivity index (χ2n) is 10.9. The number of nitrogens with zero attached hydrogens (tertiary/aromatic N) is 3. The predicted molar refractivity (Wildman–Crippen MR) is 171 cm³/mol. The highest BCUT2D eigenvalue weighted by atomic mass is 32.2. The minimum absolute atomic E-state index is 0.161. The minimum Gasteiger partial charge on any atom is -0.437 e. The molecule has 3 N–H and O–H groups in total. The number of aryl methyl sites for hydroxylation is 1. The first kappa shape index (κ1) is 30.4. The highest BCUT2D eigenvalue weighted by Crippen LogP contribution is 2.39. The summed E-state index contributed by atoms with van der Waals surface area (Å²) in [6, 6.07) is 19.9. The number of piperidine rings is 1. The summed E-state index contributed by atoms with van der Waals surface area (Å²) in [5, 5.41) is 8.10. The molecule has 1 saturated heterocycles. The highest BCUT2D eigenvalue weighted by molar-refractivity contribution is 7.91. The number of ether oxygens (including phenoxy) is 1. The summed E-state index contributed by atoms with van der Waals surface area (Å²) < 4.78 is 61.2. The van der Waals surface area contributed by atoms with Crippen LogP contribution in [-0.2, 0) is 15.8 Å². The van der Waals surface area contributed by atoms with Gasteiger partial charge in [0.15, 0.2) is 0 Å². The van der Waals surface area contributed by atoms with Crippen molar-refractivity contribution in [1.29, 1.82) is 0 Å². The van der Waals surface area contributed by atoms with Gasteiger partial charge in [0.2, 0.25) is 21.9 Å². The molecule has 232 valence electrons. The maximum atomic E-state index is 13.1. The van der Waals surface area contributed by atoms with Crippen molar-refractivity contribution in [3.63, 3.8) is 0 Å². The average molecular weight is 631 g/mol. The first-order valence-corrected chi connectivity index (χ1v) is 16.2. The predicted octanol–water partition coefficient (Wildman–Crippen LogP) is 6.84. The zero-order chi connectivity index (χ0) is 31.4. The molecule has 0 unspecified atom stereocenters. The molecule has 5 aromatic rings. The molecule has 1 aliphatic heterocycles. The van der Waals surface area contributed by atoms with E-state index in [2.05, 4.69) is 25.3 Å². The SMILES string of the molecule is Cc1ccc2c(NS(=O)(=O)Cc3ccc(C(F)F)cc3)cccc2c1Oc1ncccc1-c1ccnc(N[C@H]2CCCNC2)n1. The number of sulfonamides is 1. The van der Waals surface area contributed by atoms with Crippen molar-refractivity contribution in [3.8, 4) is 22.9 Å². The number of alkyl halides is 2. The molecule has 0 bridgehead atoms. The molecule has 1 fully saturated rings. The van der Waals surface area contributed by atoms with Gasteiger partial charge in [0.25, 0.3) is 6.43 Å². The van der Waals surface area contributed by atoms with Crippen LogP contribution in [0.25, 0.3) is 22.0 Å². The third-order valence-corrected chi connectivity index (χ3v) is 8.84. The first-order valence-electron chi connectivity index (χ1n) is 14.6.